The maximum atomic E-state index is 12.3. The molecule has 1 aromatic carbocycles. The molecule has 19 heavy (non-hydrogen) atoms. The molecule has 1 atom stereocenters. The zero-order valence-electron chi connectivity index (χ0n) is 10.2. The summed E-state index contributed by atoms with van der Waals surface area (Å²) in [4.78, 5) is 13.9. The summed E-state index contributed by atoms with van der Waals surface area (Å²) in [7, 11) is 0. The van der Waals surface area contributed by atoms with Gasteiger partial charge in [-0.2, -0.15) is 5.26 Å². The highest BCUT2D eigenvalue weighted by atomic mass is 16.7. The van der Waals surface area contributed by atoms with Crippen molar-refractivity contribution < 1.29 is 19.0 Å². The van der Waals surface area contributed by atoms with Crippen LogP contribution in [0, 0.1) is 11.3 Å². The summed E-state index contributed by atoms with van der Waals surface area (Å²) in [6.45, 7) is 1.35. The molecule has 0 aliphatic carbocycles. The second kappa shape index (κ2) is 4.78. The molecule has 6 nitrogen and oxygen atoms in total. The van der Waals surface area contributed by atoms with Crippen molar-refractivity contribution in [3.05, 3.63) is 23.8 Å². The number of benzene rings is 1. The Hall–Kier alpha value is -2.26. The molecule has 2 aliphatic heterocycles. The normalized spacial score (nSPS) is 21.0. The Labute approximate surface area is 110 Å². The third-order valence-electron chi connectivity index (χ3n) is 3.12. The average molecular weight is 260 g/mol. The van der Waals surface area contributed by atoms with Crippen LogP contribution in [0.2, 0.25) is 0 Å². The van der Waals surface area contributed by atoms with Crippen LogP contribution in [-0.4, -0.2) is 43.4 Å². The maximum absolute atomic E-state index is 12.3. The van der Waals surface area contributed by atoms with Crippen LogP contribution in [0.15, 0.2) is 18.2 Å². The van der Waals surface area contributed by atoms with Gasteiger partial charge >= 0.3 is 0 Å². The molecule has 2 aliphatic rings. The van der Waals surface area contributed by atoms with Crippen molar-refractivity contribution in [1.29, 1.82) is 5.26 Å². The van der Waals surface area contributed by atoms with E-state index in [2.05, 4.69) is 0 Å². The van der Waals surface area contributed by atoms with E-state index in [9.17, 15) is 4.79 Å². The third-order valence-corrected chi connectivity index (χ3v) is 3.12. The Balaban J connectivity index is 1.78. The van der Waals surface area contributed by atoms with Gasteiger partial charge < -0.3 is 19.1 Å². The van der Waals surface area contributed by atoms with Crippen LogP contribution in [0.4, 0.5) is 0 Å². The molecule has 3 rings (SSSR count). The minimum absolute atomic E-state index is 0.123. The van der Waals surface area contributed by atoms with Crippen LogP contribution in [0.25, 0.3) is 0 Å². The van der Waals surface area contributed by atoms with Gasteiger partial charge in [0.15, 0.2) is 17.6 Å². The number of morpholine rings is 1. The molecule has 0 N–H and O–H groups in total. The highest BCUT2D eigenvalue weighted by Gasteiger charge is 2.26. The largest absolute Gasteiger partial charge is 0.454 e. The van der Waals surface area contributed by atoms with E-state index < -0.39 is 6.10 Å². The Morgan fingerprint density at radius 1 is 1.37 bits per heavy atom. The second-order valence-electron chi connectivity index (χ2n) is 4.31. The van der Waals surface area contributed by atoms with Crippen molar-refractivity contribution in [2.75, 3.05) is 26.5 Å². The minimum atomic E-state index is -0.549. The summed E-state index contributed by atoms with van der Waals surface area (Å²) >= 11 is 0. The molecular weight excluding hydrogens is 248 g/mol. The predicted octanol–water partition coefficient (Wildman–Crippen LogP) is 0.780. The standard InChI is InChI=1S/C13H12N2O4/c14-6-10-7-15(3-4-17-10)13(16)9-1-2-11-12(5-9)19-8-18-11/h1-2,5,10H,3-4,7-8H2. The van der Waals surface area contributed by atoms with Crippen LogP contribution in [-0.2, 0) is 4.74 Å². The van der Waals surface area contributed by atoms with Gasteiger partial charge in [-0.1, -0.05) is 0 Å². The number of fused-ring (bicyclic) bond motifs is 1. The predicted molar refractivity (Wildman–Crippen MR) is 63.8 cm³/mol. The lowest BCUT2D eigenvalue weighted by Crippen LogP contribution is -2.45. The maximum Gasteiger partial charge on any atom is 0.254 e. The molecule has 0 spiro atoms. The molecule has 1 saturated heterocycles. The number of carbonyl (C=O) groups is 1. The molecule has 0 radical (unpaired) electrons. The first-order valence-electron chi connectivity index (χ1n) is 5.98. The number of hydrogen-bond donors (Lipinski definition) is 0. The van der Waals surface area contributed by atoms with Crippen molar-refractivity contribution in [1.82, 2.24) is 4.90 Å². The van der Waals surface area contributed by atoms with Gasteiger partial charge in [0.2, 0.25) is 6.79 Å². The van der Waals surface area contributed by atoms with Gasteiger partial charge in [0.25, 0.3) is 5.91 Å². The number of rotatable bonds is 1. The highest BCUT2D eigenvalue weighted by molar-refractivity contribution is 5.95. The fraction of sp³-hybridized carbons (Fsp3) is 0.385. The summed E-state index contributed by atoms with van der Waals surface area (Å²) in [5, 5.41) is 8.84. The van der Waals surface area contributed by atoms with Crippen LogP contribution in [0.5, 0.6) is 11.5 Å². The molecule has 1 fully saturated rings. The molecule has 1 aromatic rings. The average Bonchev–Trinajstić information content (AvgIpc) is 2.94. The van der Waals surface area contributed by atoms with Gasteiger partial charge in [-0.15, -0.1) is 0 Å². The lowest BCUT2D eigenvalue weighted by atomic mass is 10.1. The molecule has 0 saturated carbocycles. The Morgan fingerprint density at radius 2 is 2.21 bits per heavy atom. The third kappa shape index (κ3) is 2.20. The fourth-order valence-corrected chi connectivity index (χ4v) is 2.12. The Bertz CT molecular complexity index is 552. The van der Waals surface area contributed by atoms with Gasteiger partial charge in [0.1, 0.15) is 0 Å². The van der Waals surface area contributed by atoms with E-state index in [-0.39, 0.29) is 12.7 Å². The molecule has 98 valence electrons. The molecule has 6 heteroatoms. The van der Waals surface area contributed by atoms with Gasteiger partial charge in [-0.25, -0.2) is 0 Å². The smallest absolute Gasteiger partial charge is 0.254 e. The molecule has 1 amide bonds. The summed E-state index contributed by atoms with van der Waals surface area (Å²) < 4.78 is 15.7. The topological polar surface area (TPSA) is 71.8 Å². The Kier molecular flexibility index (Phi) is 2.97. The first kappa shape index (κ1) is 11.8. The van der Waals surface area contributed by atoms with Crippen molar-refractivity contribution in [2.45, 2.75) is 6.10 Å². The van der Waals surface area contributed by atoms with E-state index in [1.165, 1.54) is 0 Å². The first-order valence-corrected chi connectivity index (χ1v) is 5.98. The molecular formula is C13H12N2O4. The van der Waals surface area contributed by atoms with E-state index in [0.29, 0.717) is 36.8 Å². The number of nitrogens with zero attached hydrogens (tertiary/aromatic N) is 2. The number of amides is 1. The van der Waals surface area contributed by atoms with Gasteiger partial charge in [0, 0.05) is 12.1 Å². The Morgan fingerprint density at radius 3 is 3.05 bits per heavy atom. The van der Waals surface area contributed by atoms with E-state index >= 15 is 0 Å². The summed E-state index contributed by atoms with van der Waals surface area (Å²) in [6.07, 6.45) is -0.549. The summed E-state index contributed by atoms with van der Waals surface area (Å²) in [6, 6.07) is 7.11. The van der Waals surface area contributed by atoms with Gasteiger partial charge in [-0.05, 0) is 18.2 Å². The SMILES string of the molecule is N#CC1CN(C(=O)c2ccc3c(c2)OCO3)CCO1. The molecule has 1 unspecified atom stereocenters. The monoisotopic (exact) mass is 260 g/mol. The zero-order valence-corrected chi connectivity index (χ0v) is 10.2. The minimum Gasteiger partial charge on any atom is -0.454 e. The molecule has 2 heterocycles. The van der Waals surface area contributed by atoms with Crippen molar-refractivity contribution >= 4 is 5.91 Å². The number of hydrogen-bond acceptors (Lipinski definition) is 5. The zero-order chi connectivity index (χ0) is 13.2. The lowest BCUT2D eigenvalue weighted by Gasteiger charge is -2.29. The quantitative estimate of drug-likeness (QED) is 0.746. The number of carbonyl (C=O) groups excluding carboxylic acids is 1. The van der Waals surface area contributed by atoms with Crippen LogP contribution in [0.3, 0.4) is 0 Å². The van der Waals surface area contributed by atoms with E-state index in [4.69, 9.17) is 19.5 Å². The molecule has 0 aromatic heterocycles. The second-order valence-corrected chi connectivity index (χ2v) is 4.31. The summed E-state index contributed by atoms with van der Waals surface area (Å²) in [5.74, 6) is 1.10. The van der Waals surface area contributed by atoms with E-state index in [1.807, 2.05) is 6.07 Å². The van der Waals surface area contributed by atoms with Crippen LogP contribution in [0.1, 0.15) is 10.4 Å². The fourth-order valence-electron chi connectivity index (χ4n) is 2.12. The molecule has 0 bridgehead atoms. The highest BCUT2D eigenvalue weighted by Crippen LogP contribution is 2.32. The van der Waals surface area contributed by atoms with Crippen LogP contribution < -0.4 is 9.47 Å². The number of nitriles is 1. The van der Waals surface area contributed by atoms with Crippen molar-refractivity contribution in [3.63, 3.8) is 0 Å². The first-order chi connectivity index (χ1) is 9.28. The van der Waals surface area contributed by atoms with Crippen molar-refractivity contribution in [3.8, 4) is 17.6 Å². The van der Waals surface area contributed by atoms with Gasteiger partial charge in [-0.3, -0.25) is 4.79 Å². The van der Waals surface area contributed by atoms with Crippen LogP contribution >= 0.6 is 0 Å². The summed E-state index contributed by atoms with van der Waals surface area (Å²) in [5.41, 5.74) is 0.530. The number of ether oxygens (including phenoxy) is 3. The van der Waals surface area contributed by atoms with Crippen molar-refractivity contribution in [2.24, 2.45) is 0 Å². The van der Waals surface area contributed by atoms with Gasteiger partial charge in [0.05, 0.1) is 19.2 Å². The van der Waals surface area contributed by atoms with E-state index in [1.54, 1.807) is 23.1 Å². The van der Waals surface area contributed by atoms with E-state index in [0.717, 1.165) is 0 Å². The lowest BCUT2D eigenvalue weighted by molar-refractivity contribution is 0.00346.